The molecule has 0 saturated carbocycles. The number of phosphoric ester groups is 2. The van der Waals surface area contributed by atoms with Gasteiger partial charge < -0.3 is 40.3 Å². The zero-order chi connectivity index (χ0) is 34.8. The van der Waals surface area contributed by atoms with Crippen molar-refractivity contribution in [2.45, 2.75) is 84.8 Å². The first kappa shape index (κ1) is 44.5. The minimum atomic E-state index is -4.37. The second kappa shape index (κ2) is 26.5. The maximum atomic E-state index is 12.5. The number of aliphatic hydroxyl groups is 1. The number of unbranched alkanes of at least 4 members (excludes halogenated alkanes) is 2. The number of phosphoric acid groups is 2. The van der Waals surface area contributed by atoms with Crippen molar-refractivity contribution in [1.29, 1.82) is 0 Å². The number of rotatable bonds is 30. The van der Waals surface area contributed by atoms with Gasteiger partial charge in [-0.05, 0) is 46.0 Å². The number of hydrogen-bond acceptors (Lipinski definition) is 12. The lowest BCUT2D eigenvalue weighted by Crippen LogP contribution is -2.46. The number of carbonyl (C=O) groups is 3. The topological polar surface area (TPSA) is 238 Å². The van der Waals surface area contributed by atoms with Crippen molar-refractivity contribution in [3.63, 3.8) is 0 Å². The Morgan fingerprint density at radius 3 is 1.85 bits per heavy atom. The highest BCUT2D eigenvalue weighted by molar-refractivity contribution is 7.47. The van der Waals surface area contributed by atoms with E-state index in [-0.39, 0.29) is 70.6 Å². The zero-order valence-electron chi connectivity index (χ0n) is 27.5. The predicted molar refractivity (Wildman–Crippen MR) is 168 cm³/mol. The first-order chi connectivity index (χ1) is 21.7. The minimum absolute atomic E-state index is 0.0169. The van der Waals surface area contributed by atoms with Gasteiger partial charge in [-0.15, -0.1) is 0 Å². The fraction of sp³-hybridized carbons (Fsp3) is 0.889. The summed E-state index contributed by atoms with van der Waals surface area (Å²) in [6.45, 7) is 6.61. The monoisotopic (exact) mass is 707 g/mol. The maximum absolute atomic E-state index is 12.5. The van der Waals surface area contributed by atoms with Crippen LogP contribution in [0.4, 0.5) is 0 Å². The van der Waals surface area contributed by atoms with E-state index in [1.54, 1.807) is 20.8 Å². The van der Waals surface area contributed by atoms with E-state index in [4.69, 9.17) is 27.6 Å². The molecule has 3 unspecified atom stereocenters. The van der Waals surface area contributed by atoms with Crippen LogP contribution in [-0.2, 0) is 51.1 Å². The van der Waals surface area contributed by atoms with E-state index in [2.05, 4.69) is 16.0 Å². The van der Waals surface area contributed by atoms with Crippen molar-refractivity contribution in [3.05, 3.63) is 0 Å². The SMILES string of the molecule is CCC(=O)NCCCC[C@H](NC(C)=O)C(=O)NCCCCC(CO)COP(=O)(O)OCCOCCOCCOP(=O)(O)OC(C)C. The standard InChI is InChI=1S/C27H55N3O14P2/c1-5-26(33)28-12-9-7-11-25(30-23(4)32)27(34)29-13-8-6-10-24(20-31)21-43-45(35,36)41-18-16-39-14-15-40-17-19-42-46(37,38)44-22(2)3/h22,24-25,31H,5-21H2,1-4H3,(H,28,33)(H,29,34)(H,30,32)(H,35,36)(H,37,38)/t24?,25-/m0/s1. The maximum Gasteiger partial charge on any atom is 0.472 e. The summed E-state index contributed by atoms with van der Waals surface area (Å²) in [7, 11) is -8.48. The molecule has 0 rings (SSSR count). The lowest BCUT2D eigenvalue weighted by molar-refractivity contribution is -0.128. The van der Waals surface area contributed by atoms with Crippen molar-refractivity contribution < 1.29 is 66.0 Å². The van der Waals surface area contributed by atoms with Crippen LogP contribution in [0.2, 0.25) is 0 Å². The number of hydrogen-bond donors (Lipinski definition) is 6. The summed E-state index contributed by atoms with van der Waals surface area (Å²) in [5.74, 6) is -1.08. The van der Waals surface area contributed by atoms with E-state index >= 15 is 0 Å². The molecule has 0 fully saturated rings. The predicted octanol–water partition coefficient (Wildman–Crippen LogP) is 1.79. The van der Waals surface area contributed by atoms with Gasteiger partial charge in [-0.3, -0.25) is 32.5 Å². The molecule has 19 heteroatoms. The van der Waals surface area contributed by atoms with Gasteiger partial charge >= 0.3 is 15.6 Å². The molecule has 0 aliphatic carbocycles. The number of aliphatic hydroxyl groups excluding tert-OH is 1. The van der Waals surface area contributed by atoms with Crippen molar-refractivity contribution in [2.75, 3.05) is 65.9 Å². The molecule has 17 nitrogen and oxygen atoms in total. The van der Waals surface area contributed by atoms with Crippen LogP contribution in [0.15, 0.2) is 0 Å². The normalized spacial score (nSPS) is 15.5. The van der Waals surface area contributed by atoms with Crippen LogP contribution in [-0.4, -0.2) is 111 Å². The van der Waals surface area contributed by atoms with Gasteiger partial charge in [-0.25, -0.2) is 9.13 Å². The Morgan fingerprint density at radius 2 is 1.30 bits per heavy atom. The molecule has 0 aromatic carbocycles. The number of nitrogens with one attached hydrogen (secondary N) is 3. The lowest BCUT2D eigenvalue weighted by Gasteiger charge is -2.19. The second-order valence-electron chi connectivity index (χ2n) is 10.6. The number of ether oxygens (including phenoxy) is 2. The lowest BCUT2D eigenvalue weighted by atomic mass is 10.0. The Bertz CT molecular complexity index is 943. The van der Waals surface area contributed by atoms with E-state index in [9.17, 15) is 38.4 Å². The van der Waals surface area contributed by atoms with E-state index in [1.807, 2.05) is 0 Å². The average molecular weight is 708 g/mol. The Labute approximate surface area is 272 Å². The van der Waals surface area contributed by atoms with Gasteiger partial charge in [0.25, 0.3) is 0 Å². The molecule has 0 aliphatic heterocycles. The highest BCUT2D eigenvalue weighted by atomic mass is 31.2. The molecule has 0 aromatic rings. The van der Waals surface area contributed by atoms with Crippen LogP contribution < -0.4 is 16.0 Å². The molecule has 272 valence electrons. The third kappa shape index (κ3) is 26.6. The number of carbonyl (C=O) groups excluding carboxylic acids is 3. The van der Waals surface area contributed by atoms with Gasteiger partial charge in [-0.1, -0.05) is 13.3 Å². The van der Waals surface area contributed by atoms with Gasteiger partial charge in [0.15, 0.2) is 0 Å². The van der Waals surface area contributed by atoms with Crippen molar-refractivity contribution >= 4 is 33.4 Å². The van der Waals surface area contributed by atoms with Crippen molar-refractivity contribution in [2.24, 2.45) is 5.92 Å². The van der Waals surface area contributed by atoms with Crippen LogP contribution in [0, 0.1) is 5.92 Å². The van der Waals surface area contributed by atoms with E-state index in [1.165, 1.54) is 6.92 Å². The summed E-state index contributed by atoms with van der Waals surface area (Å²) >= 11 is 0. The highest BCUT2D eigenvalue weighted by Gasteiger charge is 2.24. The second-order valence-corrected chi connectivity index (χ2v) is 13.4. The third-order valence-electron chi connectivity index (χ3n) is 6.01. The minimum Gasteiger partial charge on any atom is -0.396 e. The van der Waals surface area contributed by atoms with E-state index in [0.717, 1.165) is 0 Å². The number of amides is 3. The van der Waals surface area contributed by atoms with Crippen molar-refractivity contribution in [3.8, 4) is 0 Å². The van der Waals surface area contributed by atoms with Crippen LogP contribution in [0.3, 0.4) is 0 Å². The first-order valence-electron chi connectivity index (χ1n) is 15.6. The summed E-state index contributed by atoms with van der Waals surface area (Å²) in [6, 6.07) is -0.680. The first-order valence-corrected chi connectivity index (χ1v) is 18.6. The smallest absolute Gasteiger partial charge is 0.396 e. The van der Waals surface area contributed by atoms with Crippen LogP contribution >= 0.6 is 15.6 Å². The summed E-state index contributed by atoms with van der Waals surface area (Å²) in [4.78, 5) is 54.7. The van der Waals surface area contributed by atoms with Gasteiger partial charge in [0, 0.05) is 39.0 Å². The zero-order valence-corrected chi connectivity index (χ0v) is 29.3. The molecule has 6 N–H and O–H groups in total. The molecule has 0 bridgehead atoms. The molecule has 0 aliphatic rings. The summed E-state index contributed by atoms with van der Waals surface area (Å²) < 4.78 is 53.4. The molecule has 0 heterocycles. The Balaban J connectivity index is 4.07. The fourth-order valence-electron chi connectivity index (χ4n) is 3.74. The largest absolute Gasteiger partial charge is 0.472 e. The van der Waals surface area contributed by atoms with Crippen LogP contribution in [0.1, 0.15) is 72.6 Å². The molecule has 0 radical (unpaired) electrons. The molecule has 3 amide bonds. The third-order valence-corrected chi connectivity index (χ3v) is 8.19. The summed E-state index contributed by atoms with van der Waals surface area (Å²) in [5, 5.41) is 17.8. The van der Waals surface area contributed by atoms with E-state index < -0.39 is 33.7 Å². The van der Waals surface area contributed by atoms with Gasteiger partial charge in [0.05, 0.1) is 52.4 Å². The molecule has 0 spiro atoms. The molecular formula is C27H55N3O14P2. The van der Waals surface area contributed by atoms with Gasteiger partial charge in [0.2, 0.25) is 17.7 Å². The van der Waals surface area contributed by atoms with Crippen LogP contribution in [0.5, 0.6) is 0 Å². The molecule has 4 atom stereocenters. The summed E-state index contributed by atoms with van der Waals surface area (Å²) in [6.07, 6.45) is 3.35. The van der Waals surface area contributed by atoms with Gasteiger partial charge in [-0.2, -0.15) is 0 Å². The van der Waals surface area contributed by atoms with Crippen molar-refractivity contribution in [1.82, 2.24) is 16.0 Å². The Kier molecular flexibility index (Phi) is 25.6. The molecular weight excluding hydrogens is 652 g/mol. The fourth-order valence-corrected chi connectivity index (χ4v) is 5.42. The Hall–Kier alpha value is -1.49. The van der Waals surface area contributed by atoms with Gasteiger partial charge in [0.1, 0.15) is 6.04 Å². The summed E-state index contributed by atoms with van der Waals surface area (Å²) in [5.41, 5.74) is 0. The van der Waals surface area contributed by atoms with E-state index in [0.29, 0.717) is 58.0 Å². The Morgan fingerprint density at radius 1 is 0.761 bits per heavy atom. The molecule has 0 saturated heterocycles. The van der Waals surface area contributed by atoms with Crippen LogP contribution in [0.25, 0.3) is 0 Å². The average Bonchev–Trinajstić information content (AvgIpc) is 2.97. The molecule has 0 aromatic heterocycles. The quantitative estimate of drug-likeness (QED) is 0.0461. The molecule has 46 heavy (non-hydrogen) atoms. The highest BCUT2D eigenvalue weighted by Crippen LogP contribution is 2.44.